The highest BCUT2D eigenvalue weighted by Gasteiger charge is 2.38. The first-order valence-corrected chi connectivity index (χ1v) is 7.34. The number of carbonyl (C=O) groups excluding carboxylic acids is 1. The van der Waals surface area contributed by atoms with Crippen molar-refractivity contribution in [3.63, 3.8) is 0 Å². The molecule has 2 unspecified atom stereocenters. The second-order valence-electron chi connectivity index (χ2n) is 5.99. The highest BCUT2D eigenvalue weighted by Crippen LogP contribution is 2.37. The summed E-state index contributed by atoms with van der Waals surface area (Å²) in [7, 11) is 0. The molecule has 1 aliphatic carbocycles. The minimum absolute atomic E-state index is 0.135. The minimum Gasteiger partial charge on any atom is -0.398 e. The van der Waals surface area contributed by atoms with Crippen molar-refractivity contribution in [2.75, 3.05) is 12.3 Å². The van der Waals surface area contributed by atoms with Crippen LogP contribution in [-0.2, 0) is 0 Å². The van der Waals surface area contributed by atoms with Gasteiger partial charge < -0.3 is 10.6 Å². The zero-order valence-electron chi connectivity index (χ0n) is 11.6. The van der Waals surface area contributed by atoms with E-state index in [0.29, 0.717) is 17.3 Å². The van der Waals surface area contributed by atoms with E-state index in [1.54, 1.807) is 0 Å². The molecule has 2 atom stereocenters. The number of benzene rings is 1. The molecule has 2 aliphatic rings. The van der Waals surface area contributed by atoms with Gasteiger partial charge in [-0.1, -0.05) is 24.5 Å². The number of anilines is 1. The number of carbonyl (C=O) groups is 1. The summed E-state index contributed by atoms with van der Waals surface area (Å²) in [5, 5.41) is 0. The Morgan fingerprint density at radius 3 is 2.89 bits per heavy atom. The maximum Gasteiger partial charge on any atom is 0.256 e. The molecule has 1 heterocycles. The molecule has 2 fully saturated rings. The van der Waals surface area contributed by atoms with E-state index in [-0.39, 0.29) is 5.91 Å². The maximum atomic E-state index is 12.7. The van der Waals surface area contributed by atoms with Gasteiger partial charge in [0.05, 0.1) is 5.56 Å². The van der Waals surface area contributed by atoms with Gasteiger partial charge in [0.25, 0.3) is 5.91 Å². The minimum atomic E-state index is 0.135. The molecular formula is C16H22N2O. The molecule has 1 amide bonds. The fourth-order valence-corrected chi connectivity index (χ4v) is 3.67. The number of likely N-dealkylation sites (tertiary alicyclic amines) is 1. The molecule has 0 spiro atoms. The summed E-state index contributed by atoms with van der Waals surface area (Å²) in [4.78, 5) is 14.8. The fraction of sp³-hybridized carbons (Fsp3) is 0.562. The van der Waals surface area contributed by atoms with Gasteiger partial charge in [0.1, 0.15) is 0 Å². The Bertz CT molecular complexity index is 498. The normalized spacial score (nSPS) is 26.3. The summed E-state index contributed by atoms with van der Waals surface area (Å²) < 4.78 is 0. The molecule has 3 heteroatoms. The van der Waals surface area contributed by atoms with Gasteiger partial charge in [-0.15, -0.1) is 0 Å². The molecule has 1 aromatic carbocycles. The van der Waals surface area contributed by atoms with Crippen LogP contribution < -0.4 is 5.73 Å². The van der Waals surface area contributed by atoms with Crippen molar-refractivity contribution in [1.82, 2.24) is 4.90 Å². The van der Waals surface area contributed by atoms with Gasteiger partial charge >= 0.3 is 0 Å². The Hall–Kier alpha value is -1.51. The highest BCUT2D eigenvalue weighted by atomic mass is 16.2. The molecule has 102 valence electrons. The lowest BCUT2D eigenvalue weighted by Crippen LogP contribution is -2.39. The lowest BCUT2D eigenvalue weighted by Gasteiger charge is -2.32. The molecular weight excluding hydrogens is 236 g/mol. The summed E-state index contributed by atoms with van der Waals surface area (Å²) in [6.45, 7) is 2.91. The molecule has 0 aromatic heterocycles. The number of nitrogens with zero attached hydrogens (tertiary/aromatic N) is 1. The zero-order chi connectivity index (χ0) is 13.4. The van der Waals surface area contributed by atoms with Crippen LogP contribution in [0, 0.1) is 12.8 Å². The van der Waals surface area contributed by atoms with Crippen LogP contribution in [-0.4, -0.2) is 23.4 Å². The number of amides is 1. The van der Waals surface area contributed by atoms with Crippen molar-refractivity contribution in [3.8, 4) is 0 Å². The standard InChI is InChI=1S/C16H22N2O/c1-11-6-7-14(17)13(10-11)16(19)18-9-8-12-4-2-3-5-15(12)18/h6-7,10,12,15H,2-5,8-9,17H2,1H3. The number of hydrogen-bond acceptors (Lipinski definition) is 2. The Morgan fingerprint density at radius 1 is 1.26 bits per heavy atom. The number of nitrogens with two attached hydrogens (primary N) is 1. The van der Waals surface area contributed by atoms with E-state index in [2.05, 4.69) is 4.90 Å². The highest BCUT2D eigenvalue weighted by molar-refractivity contribution is 5.99. The van der Waals surface area contributed by atoms with Crippen molar-refractivity contribution >= 4 is 11.6 Å². The van der Waals surface area contributed by atoms with Gasteiger partial charge in [-0.05, 0) is 44.2 Å². The fourth-order valence-electron chi connectivity index (χ4n) is 3.67. The van der Waals surface area contributed by atoms with Gasteiger partial charge in [0, 0.05) is 18.3 Å². The monoisotopic (exact) mass is 258 g/mol. The molecule has 0 bridgehead atoms. The third-order valence-electron chi connectivity index (χ3n) is 4.71. The lowest BCUT2D eigenvalue weighted by atomic mass is 9.85. The first-order valence-electron chi connectivity index (χ1n) is 7.34. The molecule has 19 heavy (non-hydrogen) atoms. The van der Waals surface area contributed by atoms with E-state index >= 15 is 0 Å². The number of rotatable bonds is 1. The topological polar surface area (TPSA) is 46.3 Å². The van der Waals surface area contributed by atoms with Crippen molar-refractivity contribution in [3.05, 3.63) is 29.3 Å². The molecule has 1 saturated carbocycles. The third kappa shape index (κ3) is 2.22. The van der Waals surface area contributed by atoms with E-state index in [1.807, 2.05) is 25.1 Å². The van der Waals surface area contributed by atoms with Crippen LogP contribution in [0.1, 0.15) is 48.0 Å². The summed E-state index contributed by atoms with van der Waals surface area (Å²) in [5.74, 6) is 0.860. The van der Waals surface area contributed by atoms with Crippen molar-refractivity contribution in [2.45, 2.75) is 45.1 Å². The molecule has 0 radical (unpaired) electrons. The SMILES string of the molecule is Cc1ccc(N)c(C(=O)N2CCC3CCCCC32)c1. The maximum absolute atomic E-state index is 12.7. The zero-order valence-corrected chi connectivity index (χ0v) is 11.6. The van der Waals surface area contributed by atoms with Crippen LogP contribution in [0.25, 0.3) is 0 Å². The smallest absolute Gasteiger partial charge is 0.256 e. The van der Waals surface area contributed by atoms with Gasteiger partial charge in [0.15, 0.2) is 0 Å². The number of fused-ring (bicyclic) bond motifs is 1. The predicted molar refractivity (Wildman–Crippen MR) is 77.0 cm³/mol. The third-order valence-corrected chi connectivity index (χ3v) is 4.71. The molecule has 3 rings (SSSR count). The Balaban J connectivity index is 1.85. The van der Waals surface area contributed by atoms with Crippen LogP contribution in [0.3, 0.4) is 0 Å². The van der Waals surface area contributed by atoms with E-state index in [1.165, 1.54) is 32.1 Å². The van der Waals surface area contributed by atoms with Crippen LogP contribution in [0.5, 0.6) is 0 Å². The van der Waals surface area contributed by atoms with Crippen LogP contribution in [0.2, 0.25) is 0 Å². The second kappa shape index (κ2) is 4.87. The molecule has 3 nitrogen and oxygen atoms in total. The van der Waals surface area contributed by atoms with E-state index in [9.17, 15) is 4.79 Å². The van der Waals surface area contributed by atoms with E-state index < -0.39 is 0 Å². The van der Waals surface area contributed by atoms with Gasteiger partial charge in [0.2, 0.25) is 0 Å². The summed E-state index contributed by atoms with van der Waals surface area (Å²) in [5.41, 5.74) is 8.37. The van der Waals surface area contributed by atoms with Crippen LogP contribution in [0.15, 0.2) is 18.2 Å². The van der Waals surface area contributed by atoms with Gasteiger partial charge in [-0.2, -0.15) is 0 Å². The summed E-state index contributed by atoms with van der Waals surface area (Å²) >= 11 is 0. The van der Waals surface area contributed by atoms with E-state index in [4.69, 9.17) is 5.73 Å². The lowest BCUT2D eigenvalue weighted by molar-refractivity contribution is 0.0691. The van der Waals surface area contributed by atoms with Crippen molar-refractivity contribution in [1.29, 1.82) is 0 Å². The van der Waals surface area contributed by atoms with Crippen LogP contribution >= 0.6 is 0 Å². The Labute approximate surface area is 114 Å². The van der Waals surface area contributed by atoms with Gasteiger partial charge in [-0.3, -0.25) is 4.79 Å². The van der Waals surface area contributed by atoms with Gasteiger partial charge in [-0.25, -0.2) is 0 Å². The molecule has 2 N–H and O–H groups in total. The van der Waals surface area contributed by atoms with E-state index in [0.717, 1.165) is 18.0 Å². The first-order chi connectivity index (χ1) is 9.16. The van der Waals surface area contributed by atoms with Crippen LogP contribution in [0.4, 0.5) is 5.69 Å². The predicted octanol–water partition coefficient (Wildman–Crippen LogP) is 2.98. The average Bonchev–Trinajstić information content (AvgIpc) is 2.84. The van der Waals surface area contributed by atoms with Crippen molar-refractivity contribution < 1.29 is 4.79 Å². The first kappa shape index (κ1) is 12.5. The number of aryl methyl sites for hydroxylation is 1. The Kier molecular flexibility index (Phi) is 3.21. The summed E-state index contributed by atoms with van der Waals surface area (Å²) in [6.07, 6.45) is 6.21. The molecule has 1 aliphatic heterocycles. The molecule has 1 aromatic rings. The summed E-state index contributed by atoms with van der Waals surface area (Å²) in [6, 6.07) is 6.19. The second-order valence-corrected chi connectivity index (χ2v) is 5.99. The largest absolute Gasteiger partial charge is 0.398 e. The number of nitrogen functional groups attached to an aromatic ring is 1. The molecule has 1 saturated heterocycles. The van der Waals surface area contributed by atoms with Crippen molar-refractivity contribution in [2.24, 2.45) is 5.92 Å². The average molecular weight is 258 g/mol. The Morgan fingerprint density at radius 2 is 2.05 bits per heavy atom. The quantitative estimate of drug-likeness (QED) is 0.787. The number of hydrogen-bond donors (Lipinski definition) is 1.